The summed E-state index contributed by atoms with van der Waals surface area (Å²) in [5, 5.41) is 0.467. The molecular formula is C27H25ClN2O5. The van der Waals surface area contributed by atoms with Crippen LogP contribution in [0.15, 0.2) is 78.9 Å². The molecule has 1 atom stereocenters. The molecule has 0 aliphatic carbocycles. The second-order valence-corrected chi connectivity index (χ2v) is 8.34. The highest BCUT2D eigenvalue weighted by molar-refractivity contribution is 6.31. The number of benzene rings is 3. The van der Waals surface area contributed by atoms with Gasteiger partial charge in [-0.05, 0) is 55.0 Å². The minimum absolute atomic E-state index is 0.0669. The first kappa shape index (κ1) is 24.3. The summed E-state index contributed by atoms with van der Waals surface area (Å²) in [6.07, 6.45) is -0.131. The van der Waals surface area contributed by atoms with Gasteiger partial charge in [0, 0.05) is 11.6 Å². The number of amides is 3. The van der Waals surface area contributed by atoms with Gasteiger partial charge < -0.3 is 14.4 Å². The van der Waals surface area contributed by atoms with Gasteiger partial charge in [-0.25, -0.2) is 4.90 Å². The molecule has 180 valence electrons. The first-order valence-corrected chi connectivity index (χ1v) is 11.7. The fraction of sp³-hybridized carbons (Fsp3) is 0.222. The van der Waals surface area contributed by atoms with Crippen LogP contribution < -0.4 is 14.4 Å². The van der Waals surface area contributed by atoms with Crippen molar-refractivity contribution in [3.8, 4) is 11.5 Å². The number of hydrogen-bond acceptors (Lipinski definition) is 5. The van der Waals surface area contributed by atoms with E-state index in [1.807, 2.05) is 13.0 Å². The average molecular weight is 493 g/mol. The van der Waals surface area contributed by atoms with Crippen LogP contribution in [0.3, 0.4) is 0 Å². The Labute approximate surface area is 208 Å². The van der Waals surface area contributed by atoms with Crippen molar-refractivity contribution < 1.29 is 23.9 Å². The third kappa shape index (κ3) is 5.63. The maximum Gasteiger partial charge on any atom is 0.261 e. The van der Waals surface area contributed by atoms with Crippen LogP contribution >= 0.6 is 11.6 Å². The van der Waals surface area contributed by atoms with Crippen LogP contribution in [0.25, 0.3) is 0 Å². The SMILES string of the molecule is CCOc1ccc(N2C(=O)CC(N(Cc3ccccc3Cl)C(=O)COc3ccccc3)C2=O)cc1. The number of carbonyl (C=O) groups is 3. The zero-order valence-electron chi connectivity index (χ0n) is 19.2. The maximum atomic E-state index is 13.4. The molecule has 1 unspecified atom stereocenters. The highest BCUT2D eigenvalue weighted by Gasteiger charge is 2.44. The van der Waals surface area contributed by atoms with Gasteiger partial charge in [-0.2, -0.15) is 0 Å². The van der Waals surface area contributed by atoms with Crippen molar-refractivity contribution in [3.63, 3.8) is 0 Å². The number of anilines is 1. The molecule has 0 N–H and O–H groups in total. The molecule has 4 rings (SSSR count). The number of nitrogens with zero attached hydrogens (tertiary/aromatic N) is 2. The van der Waals surface area contributed by atoms with E-state index < -0.39 is 17.9 Å². The van der Waals surface area contributed by atoms with Gasteiger partial charge in [-0.1, -0.05) is 48.0 Å². The Balaban J connectivity index is 1.58. The lowest BCUT2D eigenvalue weighted by atomic mass is 10.1. The van der Waals surface area contributed by atoms with Crippen LogP contribution in [0, 0.1) is 0 Å². The van der Waals surface area contributed by atoms with Gasteiger partial charge in [0.15, 0.2) is 6.61 Å². The van der Waals surface area contributed by atoms with Gasteiger partial charge in [-0.3, -0.25) is 14.4 Å². The van der Waals surface area contributed by atoms with Gasteiger partial charge in [0.1, 0.15) is 17.5 Å². The van der Waals surface area contributed by atoms with Crippen molar-refractivity contribution in [1.29, 1.82) is 0 Å². The van der Waals surface area contributed by atoms with Crippen LogP contribution in [-0.4, -0.2) is 41.9 Å². The van der Waals surface area contributed by atoms with E-state index in [0.29, 0.717) is 34.4 Å². The number of carbonyl (C=O) groups excluding carboxylic acids is 3. The lowest BCUT2D eigenvalue weighted by molar-refractivity contribution is -0.140. The van der Waals surface area contributed by atoms with Gasteiger partial charge in [0.25, 0.3) is 11.8 Å². The molecule has 1 heterocycles. The Bertz CT molecular complexity index is 1200. The molecule has 1 aliphatic heterocycles. The molecule has 8 heteroatoms. The van der Waals surface area contributed by atoms with Gasteiger partial charge in [0.2, 0.25) is 5.91 Å². The molecule has 1 aliphatic rings. The summed E-state index contributed by atoms with van der Waals surface area (Å²) in [7, 11) is 0. The lowest BCUT2D eigenvalue weighted by Crippen LogP contribution is -2.46. The number of ether oxygens (including phenoxy) is 2. The monoisotopic (exact) mass is 492 g/mol. The number of imide groups is 1. The number of para-hydroxylation sites is 1. The maximum absolute atomic E-state index is 13.4. The van der Waals surface area contributed by atoms with Gasteiger partial charge in [-0.15, -0.1) is 0 Å². The molecule has 0 radical (unpaired) electrons. The molecule has 1 fully saturated rings. The van der Waals surface area contributed by atoms with Crippen molar-refractivity contribution in [2.45, 2.75) is 25.9 Å². The van der Waals surface area contributed by atoms with E-state index in [9.17, 15) is 14.4 Å². The minimum atomic E-state index is -0.975. The van der Waals surface area contributed by atoms with E-state index in [2.05, 4.69) is 0 Å². The molecule has 3 aromatic carbocycles. The summed E-state index contributed by atoms with van der Waals surface area (Å²) >= 11 is 6.34. The molecule has 3 amide bonds. The van der Waals surface area contributed by atoms with Crippen LogP contribution in [0.1, 0.15) is 18.9 Å². The Morgan fingerprint density at radius 2 is 1.60 bits per heavy atom. The van der Waals surface area contributed by atoms with Crippen LogP contribution in [0.4, 0.5) is 5.69 Å². The van der Waals surface area contributed by atoms with Crippen molar-refractivity contribution in [1.82, 2.24) is 4.90 Å². The summed E-state index contributed by atoms with van der Waals surface area (Å²) in [5.41, 5.74) is 1.10. The van der Waals surface area contributed by atoms with Crippen molar-refractivity contribution >= 4 is 35.0 Å². The Morgan fingerprint density at radius 3 is 2.29 bits per heavy atom. The normalized spacial score (nSPS) is 15.3. The first-order chi connectivity index (χ1) is 17.0. The highest BCUT2D eigenvalue weighted by atomic mass is 35.5. The Hall–Kier alpha value is -3.84. The quantitative estimate of drug-likeness (QED) is 0.412. The molecule has 0 bridgehead atoms. The fourth-order valence-corrected chi connectivity index (χ4v) is 4.11. The Kier molecular flexibility index (Phi) is 7.67. The molecule has 0 spiro atoms. The topological polar surface area (TPSA) is 76.2 Å². The van der Waals surface area contributed by atoms with Crippen molar-refractivity contribution in [2.75, 3.05) is 18.1 Å². The third-order valence-electron chi connectivity index (χ3n) is 5.63. The molecule has 1 saturated heterocycles. The minimum Gasteiger partial charge on any atom is -0.494 e. The predicted molar refractivity (Wildman–Crippen MR) is 132 cm³/mol. The van der Waals surface area contributed by atoms with E-state index in [0.717, 1.165) is 4.90 Å². The zero-order valence-corrected chi connectivity index (χ0v) is 20.0. The molecular weight excluding hydrogens is 468 g/mol. The molecule has 0 aromatic heterocycles. The summed E-state index contributed by atoms with van der Waals surface area (Å²) in [6, 6.07) is 21.8. The van der Waals surface area contributed by atoms with Crippen LogP contribution in [0.2, 0.25) is 5.02 Å². The summed E-state index contributed by atoms with van der Waals surface area (Å²) in [4.78, 5) is 42.1. The first-order valence-electron chi connectivity index (χ1n) is 11.3. The number of rotatable bonds is 9. The highest BCUT2D eigenvalue weighted by Crippen LogP contribution is 2.29. The summed E-state index contributed by atoms with van der Waals surface area (Å²) in [5.74, 6) is -0.110. The van der Waals surface area contributed by atoms with E-state index in [-0.39, 0.29) is 25.5 Å². The average Bonchev–Trinajstić information content (AvgIpc) is 3.16. The zero-order chi connectivity index (χ0) is 24.8. The van der Waals surface area contributed by atoms with Gasteiger partial charge in [0.05, 0.1) is 18.7 Å². The third-order valence-corrected chi connectivity index (χ3v) is 6.00. The smallest absolute Gasteiger partial charge is 0.261 e. The van der Waals surface area contributed by atoms with E-state index >= 15 is 0 Å². The van der Waals surface area contributed by atoms with E-state index in [4.69, 9.17) is 21.1 Å². The van der Waals surface area contributed by atoms with Crippen LogP contribution in [0.5, 0.6) is 11.5 Å². The van der Waals surface area contributed by atoms with Crippen LogP contribution in [-0.2, 0) is 20.9 Å². The summed E-state index contributed by atoms with van der Waals surface area (Å²) in [6.45, 7) is 2.16. The van der Waals surface area contributed by atoms with Gasteiger partial charge >= 0.3 is 0 Å². The van der Waals surface area contributed by atoms with E-state index in [1.54, 1.807) is 72.8 Å². The molecule has 7 nitrogen and oxygen atoms in total. The fourth-order valence-electron chi connectivity index (χ4n) is 3.92. The number of hydrogen-bond donors (Lipinski definition) is 0. The molecule has 35 heavy (non-hydrogen) atoms. The predicted octanol–water partition coefficient (Wildman–Crippen LogP) is 4.48. The standard InChI is InChI=1S/C27H25ClN2O5/c1-2-34-22-14-12-20(13-15-22)30-25(31)16-24(27(30)33)29(17-19-8-6-7-11-23(19)28)26(32)18-35-21-9-4-3-5-10-21/h3-15,24H,2,16-18H2,1H3. The number of halogens is 1. The van der Waals surface area contributed by atoms with E-state index in [1.165, 1.54) is 4.90 Å². The molecule has 3 aromatic rings. The molecule has 0 saturated carbocycles. The Morgan fingerprint density at radius 1 is 0.943 bits per heavy atom. The summed E-state index contributed by atoms with van der Waals surface area (Å²) < 4.78 is 11.1. The van der Waals surface area contributed by atoms with Crippen molar-refractivity contribution in [2.24, 2.45) is 0 Å². The van der Waals surface area contributed by atoms with Crippen molar-refractivity contribution in [3.05, 3.63) is 89.4 Å². The second-order valence-electron chi connectivity index (χ2n) is 7.93. The second kappa shape index (κ2) is 11.1. The lowest BCUT2D eigenvalue weighted by Gasteiger charge is -2.28. The largest absolute Gasteiger partial charge is 0.494 e.